The molecular weight excluding hydrogens is 355 g/mol. The van der Waals surface area contributed by atoms with E-state index in [0.717, 1.165) is 18.5 Å². The lowest BCUT2D eigenvalue weighted by Crippen LogP contribution is -2.54. The van der Waals surface area contributed by atoms with E-state index >= 15 is 0 Å². The number of hydrogen-bond donors (Lipinski definition) is 0. The molecule has 3 rings (SSSR count). The van der Waals surface area contributed by atoms with Crippen LogP contribution in [0.25, 0.3) is 4.96 Å². The fourth-order valence-corrected chi connectivity index (χ4v) is 3.95. The predicted molar refractivity (Wildman–Crippen MR) is 90.4 cm³/mol. The third-order valence-electron chi connectivity index (χ3n) is 4.21. The molecule has 0 amide bonds. The number of fused-ring (bicyclic) bond motifs is 1. The number of piperazine rings is 1. The third-order valence-corrected chi connectivity index (χ3v) is 5.18. The van der Waals surface area contributed by atoms with Crippen molar-refractivity contribution in [2.24, 2.45) is 0 Å². The Bertz CT molecular complexity index is 803. The van der Waals surface area contributed by atoms with Crippen LogP contribution in [0.3, 0.4) is 0 Å². The second-order valence-corrected chi connectivity index (χ2v) is 7.23. The standard InChI is InChI=1S/C15H20F3N5OS/c1-3-4-11-7-12(24)23-13(19-11)25-14(20-23)21-5-6-22(10(2)8-21)9-15(16,17)18/h7,10H,3-6,8-9H2,1-2H3. The molecule has 6 nitrogen and oxygen atoms in total. The highest BCUT2D eigenvalue weighted by atomic mass is 32.1. The summed E-state index contributed by atoms with van der Waals surface area (Å²) in [5, 5.41) is 4.94. The van der Waals surface area contributed by atoms with Gasteiger partial charge in [0.1, 0.15) is 0 Å². The lowest BCUT2D eigenvalue weighted by atomic mass is 10.2. The van der Waals surface area contributed by atoms with Crippen molar-refractivity contribution in [2.75, 3.05) is 31.1 Å². The van der Waals surface area contributed by atoms with E-state index in [9.17, 15) is 18.0 Å². The summed E-state index contributed by atoms with van der Waals surface area (Å²) in [5.74, 6) is 0. The lowest BCUT2D eigenvalue weighted by Gasteiger charge is -2.39. The Morgan fingerprint density at radius 3 is 2.76 bits per heavy atom. The van der Waals surface area contributed by atoms with E-state index in [1.807, 2.05) is 11.8 Å². The first-order valence-corrected chi connectivity index (χ1v) is 9.04. The van der Waals surface area contributed by atoms with Crippen molar-refractivity contribution in [1.82, 2.24) is 19.5 Å². The van der Waals surface area contributed by atoms with Crippen LogP contribution >= 0.6 is 11.3 Å². The van der Waals surface area contributed by atoms with Gasteiger partial charge in [-0.2, -0.15) is 17.7 Å². The lowest BCUT2D eigenvalue weighted by molar-refractivity contribution is -0.150. The number of aryl methyl sites for hydroxylation is 1. The Hall–Kier alpha value is -1.68. The maximum atomic E-state index is 12.6. The topological polar surface area (TPSA) is 53.7 Å². The summed E-state index contributed by atoms with van der Waals surface area (Å²) in [5.41, 5.74) is 0.519. The Labute approximate surface area is 146 Å². The molecular formula is C15H20F3N5OS. The summed E-state index contributed by atoms with van der Waals surface area (Å²) in [6.45, 7) is 4.07. The fourth-order valence-electron chi connectivity index (χ4n) is 2.99. The number of alkyl halides is 3. The highest BCUT2D eigenvalue weighted by Gasteiger charge is 2.35. The molecule has 10 heteroatoms. The van der Waals surface area contributed by atoms with E-state index in [1.165, 1.54) is 26.8 Å². The summed E-state index contributed by atoms with van der Waals surface area (Å²) in [6.07, 6.45) is -2.57. The molecule has 0 saturated carbocycles. The maximum absolute atomic E-state index is 12.6. The normalized spacial score (nSPS) is 19.7. The van der Waals surface area contributed by atoms with Gasteiger partial charge < -0.3 is 4.90 Å². The zero-order valence-electron chi connectivity index (χ0n) is 14.1. The van der Waals surface area contributed by atoms with Crippen LogP contribution < -0.4 is 10.5 Å². The zero-order valence-corrected chi connectivity index (χ0v) is 14.9. The van der Waals surface area contributed by atoms with Crippen molar-refractivity contribution in [3.63, 3.8) is 0 Å². The molecule has 0 bridgehead atoms. The summed E-state index contributed by atoms with van der Waals surface area (Å²) >= 11 is 1.30. The SMILES string of the molecule is CCCc1cc(=O)n2nc(N3CCN(CC(F)(F)F)C(C)C3)sc2n1. The minimum absolute atomic E-state index is 0.222. The van der Waals surface area contributed by atoms with E-state index in [0.29, 0.717) is 29.7 Å². The second kappa shape index (κ2) is 6.91. The Morgan fingerprint density at radius 2 is 2.12 bits per heavy atom. The molecule has 25 heavy (non-hydrogen) atoms. The smallest absolute Gasteiger partial charge is 0.344 e. The van der Waals surface area contributed by atoms with Gasteiger partial charge in [0.25, 0.3) is 5.56 Å². The van der Waals surface area contributed by atoms with Gasteiger partial charge in [0.15, 0.2) is 0 Å². The van der Waals surface area contributed by atoms with E-state index in [4.69, 9.17) is 0 Å². The molecule has 2 aromatic rings. The van der Waals surface area contributed by atoms with Gasteiger partial charge in [-0.05, 0) is 13.3 Å². The highest BCUT2D eigenvalue weighted by Crippen LogP contribution is 2.26. The van der Waals surface area contributed by atoms with Crippen molar-refractivity contribution in [3.8, 4) is 0 Å². The molecule has 0 N–H and O–H groups in total. The van der Waals surface area contributed by atoms with E-state index in [1.54, 1.807) is 6.92 Å². The van der Waals surface area contributed by atoms with Crippen molar-refractivity contribution in [2.45, 2.75) is 38.9 Å². The van der Waals surface area contributed by atoms with Gasteiger partial charge in [-0.15, -0.1) is 5.10 Å². The fraction of sp³-hybridized carbons (Fsp3) is 0.667. The quantitative estimate of drug-likeness (QED) is 0.820. The van der Waals surface area contributed by atoms with Crippen LogP contribution in [0.15, 0.2) is 10.9 Å². The van der Waals surface area contributed by atoms with Crippen molar-refractivity contribution >= 4 is 21.4 Å². The van der Waals surface area contributed by atoms with Crippen LogP contribution in [0.2, 0.25) is 0 Å². The predicted octanol–water partition coefficient (Wildman–Crippen LogP) is 2.18. The minimum atomic E-state index is -4.20. The van der Waals surface area contributed by atoms with Gasteiger partial charge in [-0.3, -0.25) is 9.69 Å². The van der Waals surface area contributed by atoms with Crippen molar-refractivity contribution in [1.29, 1.82) is 0 Å². The van der Waals surface area contributed by atoms with Crippen molar-refractivity contribution in [3.05, 3.63) is 22.1 Å². The molecule has 2 aromatic heterocycles. The minimum Gasteiger partial charge on any atom is -0.344 e. The number of rotatable bonds is 4. The maximum Gasteiger partial charge on any atom is 0.401 e. The molecule has 1 unspecified atom stereocenters. The molecule has 3 heterocycles. The third kappa shape index (κ3) is 4.12. The molecule has 1 fully saturated rings. The average molecular weight is 375 g/mol. The molecule has 0 radical (unpaired) electrons. The summed E-state index contributed by atoms with van der Waals surface area (Å²) < 4.78 is 39.1. The molecule has 138 valence electrons. The first kappa shape index (κ1) is 18.1. The first-order valence-electron chi connectivity index (χ1n) is 8.22. The summed E-state index contributed by atoms with van der Waals surface area (Å²) in [4.78, 5) is 20.5. The van der Waals surface area contributed by atoms with Crippen LogP contribution in [0.1, 0.15) is 26.0 Å². The van der Waals surface area contributed by atoms with Gasteiger partial charge in [0.05, 0.1) is 6.54 Å². The second-order valence-electron chi connectivity index (χ2n) is 6.30. The first-order chi connectivity index (χ1) is 11.8. The molecule has 0 aromatic carbocycles. The van der Waals surface area contributed by atoms with Crippen LogP contribution in [0, 0.1) is 0 Å². The van der Waals surface area contributed by atoms with Gasteiger partial charge in [-0.25, -0.2) is 4.98 Å². The molecule has 1 atom stereocenters. The largest absolute Gasteiger partial charge is 0.401 e. The number of nitrogens with zero attached hydrogens (tertiary/aromatic N) is 5. The van der Waals surface area contributed by atoms with Crippen LogP contribution in [0.5, 0.6) is 0 Å². The Morgan fingerprint density at radius 1 is 1.36 bits per heavy atom. The Balaban J connectivity index is 1.79. The molecule has 0 spiro atoms. The molecule has 1 aliphatic heterocycles. The number of halogens is 3. The average Bonchev–Trinajstić information content (AvgIpc) is 2.93. The van der Waals surface area contributed by atoms with E-state index in [-0.39, 0.29) is 11.6 Å². The van der Waals surface area contributed by atoms with Gasteiger partial charge in [0.2, 0.25) is 10.1 Å². The number of hydrogen-bond acceptors (Lipinski definition) is 6. The van der Waals surface area contributed by atoms with Crippen LogP contribution in [0.4, 0.5) is 18.3 Å². The Kier molecular flexibility index (Phi) is 5.01. The number of aromatic nitrogens is 3. The molecule has 1 aliphatic rings. The van der Waals surface area contributed by atoms with Crippen LogP contribution in [-0.2, 0) is 6.42 Å². The summed E-state index contributed by atoms with van der Waals surface area (Å²) in [7, 11) is 0. The summed E-state index contributed by atoms with van der Waals surface area (Å²) in [6, 6.07) is 1.24. The zero-order chi connectivity index (χ0) is 18.2. The number of anilines is 1. The van der Waals surface area contributed by atoms with Gasteiger partial charge in [-0.1, -0.05) is 24.7 Å². The molecule has 1 saturated heterocycles. The van der Waals surface area contributed by atoms with E-state index < -0.39 is 12.7 Å². The highest BCUT2D eigenvalue weighted by molar-refractivity contribution is 7.20. The van der Waals surface area contributed by atoms with E-state index in [2.05, 4.69) is 10.1 Å². The monoisotopic (exact) mass is 375 g/mol. The van der Waals surface area contributed by atoms with Crippen molar-refractivity contribution < 1.29 is 13.2 Å². The van der Waals surface area contributed by atoms with Gasteiger partial charge in [0, 0.05) is 37.4 Å². The molecule has 0 aliphatic carbocycles. The van der Waals surface area contributed by atoms with Gasteiger partial charge >= 0.3 is 6.18 Å². The van der Waals surface area contributed by atoms with Crippen LogP contribution in [-0.4, -0.2) is 57.9 Å².